The summed E-state index contributed by atoms with van der Waals surface area (Å²) in [4.78, 5) is 24.6. The van der Waals surface area contributed by atoms with Gasteiger partial charge in [-0.3, -0.25) is 9.59 Å². The molecule has 2 rings (SSSR count). The van der Waals surface area contributed by atoms with Crippen LogP contribution < -0.4 is 15.5 Å². The van der Waals surface area contributed by atoms with E-state index in [1.54, 1.807) is 0 Å². The molecule has 126 valence electrons. The highest BCUT2D eigenvalue weighted by molar-refractivity contribution is 5.91. The third-order valence-corrected chi connectivity index (χ3v) is 4.24. The van der Waals surface area contributed by atoms with Gasteiger partial charge in [-0.25, -0.2) is 0 Å². The van der Waals surface area contributed by atoms with Crippen molar-refractivity contribution in [1.29, 1.82) is 0 Å². The van der Waals surface area contributed by atoms with Crippen LogP contribution in [0.3, 0.4) is 0 Å². The van der Waals surface area contributed by atoms with Gasteiger partial charge in [0.15, 0.2) is 13.1 Å². The van der Waals surface area contributed by atoms with Crippen LogP contribution in [0, 0.1) is 0 Å². The molecule has 1 unspecified atom stereocenters. The Hall–Kier alpha value is -1.88. The molecule has 0 aromatic heterocycles. The van der Waals surface area contributed by atoms with Gasteiger partial charge >= 0.3 is 0 Å². The fourth-order valence-corrected chi connectivity index (χ4v) is 2.45. The highest BCUT2D eigenvalue weighted by atomic mass is 16.2. The first-order valence-corrected chi connectivity index (χ1v) is 8.48. The molecule has 5 nitrogen and oxygen atoms in total. The van der Waals surface area contributed by atoms with Crippen LogP contribution in [0.1, 0.15) is 44.6 Å². The number of nitrogens with one attached hydrogen (secondary N) is 3. The molecule has 1 aliphatic rings. The standard InChI is InChI=1S/C18H27N3O2/c1-4-13(2)14-5-7-15(8-6-14)19-17(22)11-21(3)12-18(23)20-16-9-10-16/h5-8,13,16H,4,9-12H2,1-3H3,(H,19,22)(H,20,23)/p+1/t13-/m1/s1. The first-order valence-electron chi connectivity index (χ1n) is 8.48. The smallest absolute Gasteiger partial charge is 0.279 e. The number of carbonyl (C=O) groups excluding carboxylic acids is 2. The highest BCUT2D eigenvalue weighted by Gasteiger charge is 2.24. The summed E-state index contributed by atoms with van der Waals surface area (Å²) < 4.78 is 0. The summed E-state index contributed by atoms with van der Waals surface area (Å²) in [6.07, 6.45) is 3.26. The van der Waals surface area contributed by atoms with Crippen molar-refractivity contribution in [2.75, 3.05) is 25.5 Å². The topological polar surface area (TPSA) is 62.6 Å². The second-order valence-corrected chi connectivity index (χ2v) is 6.63. The zero-order valence-corrected chi connectivity index (χ0v) is 14.3. The van der Waals surface area contributed by atoms with Crippen LogP contribution in [0.2, 0.25) is 0 Å². The summed E-state index contributed by atoms with van der Waals surface area (Å²) in [6, 6.07) is 8.36. The van der Waals surface area contributed by atoms with Crippen molar-refractivity contribution in [2.45, 2.75) is 45.1 Å². The molecule has 2 amide bonds. The van der Waals surface area contributed by atoms with Gasteiger partial charge < -0.3 is 15.5 Å². The van der Waals surface area contributed by atoms with Crippen LogP contribution in [0.4, 0.5) is 5.69 Å². The zero-order valence-electron chi connectivity index (χ0n) is 14.3. The van der Waals surface area contributed by atoms with E-state index in [9.17, 15) is 9.59 Å². The number of anilines is 1. The van der Waals surface area contributed by atoms with E-state index < -0.39 is 0 Å². The second-order valence-electron chi connectivity index (χ2n) is 6.63. The van der Waals surface area contributed by atoms with Crippen LogP contribution in [0.15, 0.2) is 24.3 Å². The van der Waals surface area contributed by atoms with Crippen LogP contribution >= 0.6 is 0 Å². The van der Waals surface area contributed by atoms with Gasteiger partial charge in [0, 0.05) is 11.7 Å². The molecule has 0 heterocycles. The number of amides is 2. The Balaban J connectivity index is 1.75. The summed E-state index contributed by atoms with van der Waals surface area (Å²) in [5.41, 5.74) is 2.09. The summed E-state index contributed by atoms with van der Waals surface area (Å²) in [7, 11) is 1.86. The SMILES string of the molecule is CC[C@@H](C)c1ccc(NC(=O)C[NH+](C)CC(=O)NC2CC2)cc1. The minimum Gasteiger partial charge on any atom is -0.348 e. The van der Waals surface area contributed by atoms with Gasteiger partial charge in [0.25, 0.3) is 11.8 Å². The first kappa shape index (κ1) is 17.5. The molecule has 23 heavy (non-hydrogen) atoms. The highest BCUT2D eigenvalue weighted by Crippen LogP contribution is 2.20. The van der Waals surface area contributed by atoms with Crippen LogP contribution in [0.5, 0.6) is 0 Å². The number of rotatable bonds is 8. The molecule has 1 aliphatic carbocycles. The molecular weight excluding hydrogens is 290 g/mol. The van der Waals surface area contributed by atoms with Crippen molar-refractivity contribution < 1.29 is 14.5 Å². The Morgan fingerprint density at radius 1 is 1.17 bits per heavy atom. The molecule has 1 fully saturated rings. The first-order chi connectivity index (χ1) is 11.0. The monoisotopic (exact) mass is 318 g/mol. The number of hydrogen-bond donors (Lipinski definition) is 3. The van der Waals surface area contributed by atoms with E-state index in [-0.39, 0.29) is 18.4 Å². The summed E-state index contributed by atoms with van der Waals surface area (Å²) in [6.45, 7) is 4.97. The average Bonchev–Trinajstić information content (AvgIpc) is 3.30. The average molecular weight is 318 g/mol. The zero-order chi connectivity index (χ0) is 16.8. The quantitative estimate of drug-likeness (QED) is 0.668. The Kier molecular flexibility index (Phi) is 6.16. The predicted octanol–water partition coefficient (Wildman–Crippen LogP) is 0.932. The summed E-state index contributed by atoms with van der Waals surface area (Å²) >= 11 is 0. The number of quaternary nitrogens is 1. The van der Waals surface area contributed by atoms with Gasteiger partial charge in [0.05, 0.1) is 7.05 Å². The molecule has 0 aliphatic heterocycles. The number of carbonyl (C=O) groups is 2. The third kappa shape index (κ3) is 6.02. The van der Waals surface area contributed by atoms with Crippen molar-refractivity contribution in [2.24, 2.45) is 0 Å². The minimum absolute atomic E-state index is 0.0238. The van der Waals surface area contributed by atoms with E-state index in [0.29, 0.717) is 18.5 Å². The van der Waals surface area contributed by atoms with Crippen molar-refractivity contribution in [3.05, 3.63) is 29.8 Å². The van der Waals surface area contributed by atoms with E-state index in [0.717, 1.165) is 29.8 Å². The minimum atomic E-state index is -0.0713. The van der Waals surface area contributed by atoms with Crippen molar-refractivity contribution >= 4 is 17.5 Å². The van der Waals surface area contributed by atoms with Gasteiger partial charge in [-0.05, 0) is 42.9 Å². The van der Waals surface area contributed by atoms with Crippen molar-refractivity contribution in [1.82, 2.24) is 5.32 Å². The van der Waals surface area contributed by atoms with Crippen molar-refractivity contribution in [3.8, 4) is 0 Å². The lowest BCUT2D eigenvalue weighted by Crippen LogP contribution is -3.11. The van der Waals surface area contributed by atoms with Gasteiger partial charge in [0.1, 0.15) is 0 Å². The molecule has 0 saturated heterocycles. The van der Waals surface area contributed by atoms with E-state index in [2.05, 4.69) is 36.6 Å². The van der Waals surface area contributed by atoms with Crippen LogP contribution in [0.25, 0.3) is 0 Å². The molecule has 5 heteroatoms. The molecule has 2 atom stereocenters. The number of likely N-dealkylation sites (N-methyl/N-ethyl adjacent to an activating group) is 1. The van der Waals surface area contributed by atoms with Gasteiger partial charge in [0.2, 0.25) is 0 Å². The normalized spacial score (nSPS) is 16.5. The van der Waals surface area contributed by atoms with Crippen LogP contribution in [-0.4, -0.2) is 38.0 Å². The number of hydrogen-bond acceptors (Lipinski definition) is 2. The van der Waals surface area contributed by atoms with E-state index >= 15 is 0 Å². The predicted molar refractivity (Wildman–Crippen MR) is 91.6 cm³/mol. The maximum Gasteiger partial charge on any atom is 0.279 e. The van der Waals surface area contributed by atoms with Gasteiger partial charge in [-0.2, -0.15) is 0 Å². The van der Waals surface area contributed by atoms with Crippen LogP contribution in [-0.2, 0) is 9.59 Å². The summed E-state index contributed by atoms with van der Waals surface area (Å²) in [5, 5.41) is 5.83. The fourth-order valence-electron chi connectivity index (χ4n) is 2.45. The molecule has 1 aromatic rings. The van der Waals surface area contributed by atoms with E-state index in [1.807, 2.05) is 19.2 Å². The maximum absolute atomic E-state index is 12.1. The third-order valence-electron chi connectivity index (χ3n) is 4.24. The number of benzene rings is 1. The largest absolute Gasteiger partial charge is 0.348 e. The molecule has 1 aromatic carbocycles. The lowest BCUT2D eigenvalue weighted by molar-refractivity contribution is -0.862. The van der Waals surface area contributed by atoms with E-state index in [4.69, 9.17) is 0 Å². The molecule has 3 N–H and O–H groups in total. The summed E-state index contributed by atoms with van der Waals surface area (Å²) in [5.74, 6) is 0.481. The molecule has 0 radical (unpaired) electrons. The Labute approximate surface area is 138 Å². The maximum atomic E-state index is 12.1. The second kappa shape index (κ2) is 8.11. The van der Waals surface area contributed by atoms with E-state index in [1.165, 1.54) is 5.56 Å². The molecule has 1 saturated carbocycles. The Morgan fingerprint density at radius 2 is 1.78 bits per heavy atom. The molecule has 0 bridgehead atoms. The fraction of sp³-hybridized carbons (Fsp3) is 0.556. The lowest BCUT2D eigenvalue weighted by atomic mass is 9.99. The molecule has 0 spiro atoms. The van der Waals surface area contributed by atoms with Gasteiger partial charge in [-0.1, -0.05) is 26.0 Å². The lowest BCUT2D eigenvalue weighted by Gasteiger charge is -2.14. The Bertz CT molecular complexity index is 538. The van der Waals surface area contributed by atoms with Crippen molar-refractivity contribution in [3.63, 3.8) is 0 Å². The molecular formula is C18H28N3O2+. The Morgan fingerprint density at radius 3 is 2.35 bits per heavy atom. The van der Waals surface area contributed by atoms with Gasteiger partial charge in [-0.15, -0.1) is 0 Å².